The van der Waals surface area contributed by atoms with Crippen LogP contribution in [0.1, 0.15) is 20.7 Å². The number of carbonyl (C=O) groups is 4. The topological polar surface area (TPSA) is 92.3 Å². The lowest BCUT2D eigenvalue weighted by Crippen LogP contribution is -2.38. The molecule has 0 bridgehead atoms. The molecule has 0 fully saturated rings. The Hall–Kier alpha value is -2.58. The van der Waals surface area contributed by atoms with Crippen molar-refractivity contribution in [2.45, 2.75) is 0 Å². The van der Waals surface area contributed by atoms with Crippen molar-refractivity contribution in [2.24, 2.45) is 0 Å². The highest BCUT2D eigenvalue weighted by molar-refractivity contribution is 8.14. The van der Waals surface area contributed by atoms with Crippen molar-refractivity contribution >= 4 is 45.6 Å². The minimum absolute atomic E-state index is 0.0525. The zero-order valence-electron chi connectivity index (χ0n) is 15.1. The molecule has 8 heteroatoms. The van der Waals surface area contributed by atoms with Gasteiger partial charge in [-0.15, -0.1) is 0 Å². The smallest absolute Gasteiger partial charge is 0.239 e. The van der Waals surface area contributed by atoms with Gasteiger partial charge in [0.15, 0.2) is 0 Å². The summed E-state index contributed by atoms with van der Waals surface area (Å²) in [5.41, 5.74) is 1.15. The maximum Gasteiger partial charge on any atom is 0.239 e. The van der Waals surface area contributed by atoms with Crippen LogP contribution in [0.2, 0.25) is 0 Å². The molecule has 6 nitrogen and oxygen atoms in total. The van der Waals surface area contributed by atoms with Crippen molar-refractivity contribution in [2.75, 3.05) is 24.6 Å². The molecule has 0 saturated carbocycles. The highest BCUT2D eigenvalue weighted by Gasteiger charge is 2.11. The first-order chi connectivity index (χ1) is 13.6. The van der Waals surface area contributed by atoms with Crippen LogP contribution in [-0.2, 0) is 9.59 Å². The normalized spacial score (nSPS) is 10.1. The lowest BCUT2D eigenvalue weighted by molar-refractivity contribution is -0.124. The standard InChI is InChI=1S/C20H20N2O4S2/c23-17(21-11-12-27-19(25)15-7-3-1-4-8-15)13-22-18(24)14-28-20(26)16-9-5-2-6-10-16/h1-10H,11-14H2,(H,21,23)(H,22,24). The Morgan fingerprint density at radius 2 is 1.21 bits per heavy atom. The van der Waals surface area contributed by atoms with E-state index in [2.05, 4.69) is 10.6 Å². The molecule has 0 aliphatic heterocycles. The van der Waals surface area contributed by atoms with Gasteiger partial charge in [0.1, 0.15) is 0 Å². The van der Waals surface area contributed by atoms with E-state index in [1.807, 2.05) is 12.1 Å². The average molecular weight is 417 g/mol. The zero-order chi connectivity index (χ0) is 20.2. The van der Waals surface area contributed by atoms with Gasteiger partial charge in [-0.3, -0.25) is 19.2 Å². The SMILES string of the molecule is O=C(CNC(=O)CSC(=O)c1ccccc1)NCCSC(=O)c1ccccc1. The fourth-order valence-corrected chi connectivity index (χ4v) is 3.43. The van der Waals surface area contributed by atoms with Gasteiger partial charge in [-0.25, -0.2) is 0 Å². The second-order valence-corrected chi connectivity index (χ2v) is 7.59. The summed E-state index contributed by atoms with van der Waals surface area (Å²) in [6, 6.07) is 17.6. The summed E-state index contributed by atoms with van der Waals surface area (Å²) in [6.45, 7) is 0.148. The highest BCUT2D eigenvalue weighted by atomic mass is 32.2. The Morgan fingerprint density at radius 1 is 0.679 bits per heavy atom. The van der Waals surface area contributed by atoms with E-state index in [-0.39, 0.29) is 28.4 Å². The van der Waals surface area contributed by atoms with Crippen molar-refractivity contribution in [1.82, 2.24) is 10.6 Å². The fraction of sp³-hybridized carbons (Fsp3) is 0.200. The summed E-state index contributed by atoms with van der Waals surface area (Å²) >= 11 is 2.01. The Balaban J connectivity index is 1.56. The van der Waals surface area contributed by atoms with Crippen LogP contribution >= 0.6 is 23.5 Å². The lowest BCUT2D eigenvalue weighted by atomic mass is 10.2. The van der Waals surface area contributed by atoms with E-state index in [4.69, 9.17) is 0 Å². The second kappa shape index (κ2) is 12.0. The van der Waals surface area contributed by atoms with Gasteiger partial charge in [-0.2, -0.15) is 0 Å². The number of amides is 2. The van der Waals surface area contributed by atoms with Gasteiger partial charge in [0.25, 0.3) is 0 Å². The molecule has 2 N–H and O–H groups in total. The predicted molar refractivity (Wildman–Crippen MR) is 112 cm³/mol. The quantitative estimate of drug-likeness (QED) is 0.610. The van der Waals surface area contributed by atoms with Crippen LogP contribution in [0.4, 0.5) is 0 Å². The molecule has 0 atom stereocenters. The zero-order valence-corrected chi connectivity index (χ0v) is 16.7. The van der Waals surface area contributed by atoms with Gasteiger partial charge >= 0.3 is 0 Å². The number of hydrogen-bond acceptors (Lipinski definition) is 6. The molecule has 0 heterocycles. The third-order valence-corrected chi connectivity index (χ3v) is 5.27. The molecule has 0 unspecified atom stereocenters. The largest absolute Gasteiger partial charge is 0.354 e. The number of carbonyl (C=O) groups excluding carboxylic acids is 4. The van der Waals surface area contributed by atoms with E-state index >= 15 is 0 Å². The van der Waals surface area contributed by atoms with Gasteiger partial charge < -0.3 is 10.6 Å². The molecule has 0 radical (unpaired) electrons. The molecule has 0 aliphatic rings. The molecule has 2 amide bonds. The Morgan fingerprint density at radius 3 is 1.79 bits per heavy atom. The molecule has 0 aromatic heterocycles. The number of benzene rings is 2. The van der Waals surface area contributed by atoms with Crippen molar-refractivity contribution in [1.29, 1.82) is 0 Å². The number of hydrogen-bond donors (Lipinski definition) is 2. The van der Waals surface area contributed by atoms with Crippen molar-refractivity contribution < 1.29 is 19.2 Å². The Labute approximate surface area is 171 Å². The first-order valence-corrected chi connectivity index (χ1v) is 10.5. The van der Waals surface area contributed by atoms with Gasteiger partial charge in [-0.05, 0) is 0 Å². The van der Waals surface area contributed by atoms with Crippen LogP contribution in [0, 0.1) is 0 Å². The Bertz CT molecular complexity index is 813. The van der Waals surface area contributed by atoms with E-state index in [1.54, 1.807) is 48.5 Å². The molecule has 0 aliphatic carbocycles. The van der Waals surface area contributed by atoms with E-state index in [0.717, 1.165) is 23.5 Å². The Kier molecular flexibility index (Phi) is 9.30. The highest BCUT2D eigenvalue weighted by Crippen LogP contribution is 2.12. The maximum atomic E-state index is 11.9. The minimum Gasteiger partial charge on any atom is -0.354 e. The maximum absolute atomic E-state index is 11.9. The van der Waals surface area contributed by atoms with E-state index in [9.17, 15) is 19.2 Å². The van der Waals surface area contributed by atoms with Gasteiger partial charge in [0.05, 0.1) is 12.3 Å². The summed E-state index contributed by atoms with van der Waals surface area (Å²) in [5.74, 6) is -0.351. The molecule has 2 aromatic rings. The average Bonchev–Trinajstić information content (AvgIpc) is 2.74. The van der Waals surface area contributed by atoms with Gasteiger partial charge in [0.2, 0.25) is 22.0 Å². The van der Waals surface area contributed by atoms with Crippen molar-refractivity contribution in [3.05, 3.63) is 71.8 Å². The molecular formula is C20H20N2O4S2. The first kappa shape index (κ1) is 21.7. The first-order valence-electron chi connectivity index (χ1n) is 8.54. The summed E-state index contributed by atoms with van der Waals surface area (Å²) in [5, 5.41) is 4.86. The molecular weight excluding hydrogens is 396 g/mol. The van der Waals surface area contributed by atoms with Crippen LogP contribution in [0.5, 0.6) is 0 Å². The van der Waals surface area contributed by atoms with E-state index in [0.29, 0.717) is 23.4 Å². The molecule has 146 valence electrons. The van der Waals surface area contributed by atoms with Gasteiger partial charge in [0, 0.05) is 23.4 Å². The van der Waals surface area contributed by atoms with Crippen LogP contribution < -0.4 is 10.6 Å². The van der Waals surface area contributed by atoms with Crippen LogP contribution in [-0.4, -0.2) is 46.6 Å². The van der Waals surface area contributed by atoms with E-state index < -0.39 is 5.91 Å². The minimum atomic E-state index is -0.391. The number of nitrogens with one attached hydrogen (secondary N) is 2. The molecule has 28 heavy (non-hydrogen) atoms. The summed E-state index contributed by atoms with van der Waals surface area (Å²) in [7, 11) is 0. The summed E-state index contributed by atoms with van der Waals surface area (Å²) < 4.78 is 0. The number of rotatable bonds is 9. The second-order valence-electron chi connectivity index (χ2n) is 5.57. The van der Waals surface area contributed by atoms with Gasteiger partial charge in [-0.1, -0.05) is 84.2 Å². The van der Waals surface area contributed by atoms with Crippen molar-refractivity contribution in [3.63, 3.8) is 0 Å². The monoisotopic (exact) mass is 416 g/mol. The third-order valence-electron chi connectivity index (χ3n) is 3.46. The predicted octanol–water partition coefficient (Wildman–Crippen LogP) is 2.37. The molecule has 2 rings (SSSR count). The molecule has 0 saturated heterocycles. The van der Waals surface area contributed by atoms with Crippen LogP contribution in [0.25, 0.3) is 0 Å². The van der Waals surface area contributed by atoms with Crippen LogP contribution in [0.15, 0.2) is 60.7 Å². The number of thioether (sulfide) groups is 2. The van der Waals surface area contributed by atoms with Crippen molar-refractivity contribution in [3.8, 4) is 0 Å². The summed E-state index contributed by atoms with van der Waals surface area (Å²) in [4.78, 5) is 47.3. The van der Waals surface area contributed by atoms with Crippen LogP contribution in [0.3, 0.4) is 0 Å². The lowest BCUT2D eigenvalue weighted by Gasteiger charge is -2.06. The third kappa shape index (κ3) is 7.98. The fourth-order valence-electron chi connectivity index (χ4n) is 2.07. The molecule has 0 spiro atoms. The molecule has 2 aromatic carbocycles. The van der Waals surface area contributed by atoms with E-state index in [1.165, 1.54) is 0 Å². The summed E-state index contributed by atoms with van der Waals surface area (Å²) in [6.07, 6.45) is 0.